The second-order valence-electron chi connectivity index (χ2n) is 5.92. The highest BCUT2D eigenvalue weighted by Gasteiger charge is 2.51. The summed E-state index contributed by atoms with van der Waals surface area (Å²) in [5.74, 6) is 3.83. The van der Waals surface area contributed by atoms with Gasteiger partial charge >= 0.3 is 0 Å². The van der Waals surface area contributed by atoms with Gasteiger partial charge in [0.2, 0.25) is 0 Å². The summed E-state index contributed by atoms with van der Waals surface area (Å²) in [6.45, 7) is 14.5. The molecule has 0 saturated heterocycles. The molecule has 0 aromatic carbocycles. The molecule has 0 nitrogen and oxygen atoms in total. The third kappa shape index (κ3) is 1.99. The number of rotatable bonds is 5. The Hall–Kier alpha value is 0. The molecule has 0 amide bonds. The van der Waals surface area contributed by atoms with Crippen molar-refractivity contribution in [2.24, 2.45) is 29.1 Å². The molecule has 1 rings (SSSR count). The monoisotopic (exact) mass is 196 g/mol. The minimum Gasteiger partial charge on any atom is -0.0651 e. The molecule has 0 heterocycles. The summed E-state index contributed by atoms with van der Waals surface area (Å²) in [6, 6.07) is 0. The molecular weight excluding hydrogens is 168 g/mol. The Morgan fingerprint density at radius 1 is 1.21 bits per heavy atom. The Balaban J connectivity index is 2.64. The van der Waals surface area contributed by atoms with Crippen molar-refractivity contribution in [1.29, 1.82) is 0 Å². The summed E-state index contributed by atoms with van der Waals surface area (Å²) in [5, 5.41) is 0. The summed E-state index contributed by atoms with van der Waals surface area (Å²) >= 11 is 0. The maximum Gasteiger partial charge on any atom is -0.0272 e. The van der Waals surface area contributed by atoms with Crippen molar-refractivity contribution in [3.8, 4) is 0 Å². The second kappa shape index (κ2) is 4.24. The maximum absolute atomic E-state index is 2.52. The van der Waals surface area contributed by atoms with Gasteiger partial charge in [-0.25, -0.2) is 0 Å². The quantitative estimate of drug-likeness (QED) is 0.595. The molecule has 1 aliphatic carbocycles. The molecule has 0 aliphatic heterocycles. The first-order valence-electron chi connectivity index (χ1n) is 6.47. The van der Waals surface area contributed by atoms with E-state index in [1.807, 2.05) is 0 Å². The highest BCUT2D eigenvalue weighted by Crippen LogP contribution is 2.59. The molecule has 4 unspecified atom stereocenters. The van der Waals surface area contributed by atoms with Crippen LogP contribution in [0.25, 0.3) is 0 Å². The standard InChI is InChI=1S/C14H28/c1-7-11(5)14(6,8-2)13-9-12(13)10(3)4/h10-13H,7-9H2,1-6H3. The summed E-state index contributed by atoms with van der Waals surface area (Å²) < 4.78 is 0. The largest absolute Gasteiger partial charge is 0.0651 e. The lowest BCUT2D eigenvalue weighted by molar-refractivity contribution is 0.136. The predicted molar refractivity (Wildman–Crippen MR) is 64.3 cm³/mol. The van der Waals surface area contributed by atoms with Crippen LogP contribution in [-0.2, 0) is 0 Å². The molecule has 4 atom stereocenters. The van der Waals surface area contributed by atoms with Crippen LogP contribution in [0.1, 0.15) is 60.8 Å². The smallest absolute Gasteiger partial charge is 0.0272 e. The Labute approximate surface area is 90.5 Å². The van der Waals surface area contributed by atoms with Gasteiger partial charge in [-0.15, -0.1) is 0 Å². The highest BCUT2D eigenvalue weighted by atomic mass is 14.6. The van der Waals surface area contributed by atoms with Crippen molar-refractivity contribution in [3.05, 3.63) is 0 Å². The van der Waals surface area contributed by atoms with Crippen LogP contribution in [0.3, 0.4) is 0 Å². The van der Waals surface area contributed by atoms with Crippen molar-refractivity contribution in [2.75, 3.05) is 0 Å². The van der Waals surface area contributed by atoms with Gasteiger partial charge in [0.1, 0.15) is 0 Å². The van der Waals surface area contributed by atoms with Gasteiger partial charge in [-0.2, -0.15) is 0 Å². The van der Waals surface area contributed by atoms with E-state index in [-0.39, 0.29) is 0 Å². The summed E-state index contributed by atoms with van der Waals surface area (Å²) in [4.78, 5) is 0. The maximum atomic E-state index is 2.52. The lowest BCUT2D eigenvalue weighted by Crippen LogP contribution is -2.28. The SMILES string of the molecule is CCC(C)C(C)(CC)C1CC1C(C)C. The van der Waals surface area contributed by atoms with Crippen molar-refractivity contribution in [3.63, 3.8) is 0 Å². The third-order valence-corrected chi connectivity index (χ3v) is 5.04. The summed E-state index contributed by atoms with van der Waals surface area (Å²) in [5.41, 5.74) is 0.615. The van der Waals surface area contributed by atoms with Gasteiger partial charge in [0.15, 0.2) is 0 Å². The van der Waals surface area contributed by atoms with E-state index in [1.165, 1.54) is 19.3 Å². The van der Waals surface area contributed by atoms with Crippen LogP contribution in [0.4, 0.5) is 0 Å². The summed E-state index contributed by atoms with van der Waals surface area (Å²) in [6.07, 6.45) is 4.19. The zero-order chi connectivity index (χ0) is 10.9. The van der Waals surface area contributed by atoms with Gasteiger partial charge in [0.25, 0.3) is 0 Å². The lowest BCUT2D eigenvalue weighted by atomic mass is 9.69. The normalized spacial score (nSPS) is 32.8. The fourth-order valence-electron chi connectivity index (χ4n) is 3.15. The first-order chi connectivity index (χ1) is 6.47. The van der Waals surface area contributed by atoms with E-state index in [0.717, 1.165) is 23.7 Å². The zero-order valence-electron chi connectivity index (χ0n) is 10.9. The van der Waals surface area contributed by atoms with Gasteiger partial charge in [-0.3, -0.25) is 0 Å². The topological polar surface area (TPSA) is 0 Å². The molecule has 1 saturated carbocycles. The Morgan fingerprint density at radius 2 is 1.79 bits per heavy atom. The van der Waals surface area contributed by atoms with E-state index in [1.54, 1.807) is 0 Å². The molecular formula is C14H28. The van der Waals surface area contributed by atoms with E-state index < -0.39 is 0 Å². The van der Waals surface area contributed by atoms with Crippen LogP contribution < -0.4 is 0 Å². The van der Waals surface area contributed by atoms with Crippen LogP contribution >= 0.6 is 0 Å². The van der Waals surface area contributed by atoms with E-state index in [4.69, 9.17) is 0 Å². The molecule has 1 aliphatic rings. The molecule has 0 bridgehead atoms. The molecule has 14 heavy (non-hydrogen) atoms. The highest BCUT2D eigenvalue weighted by molar-refractivity contribution is 5.00. The van der Waals surface area contributed by atoms with Crippen LogP contribution in [0.5, 0.6) is 0 Å². The second-order valence-corrected chi connectivity index (χ2v) is 5.92. The van der Waals surface area contributed by atoms with Gasteiger partial charge in [0, 0.05) is 0 Å². The van der Waals surface area contributed by atoms with Gasteiger partial charge in [-0.05, 0) is 35.5 Å². The van der Waals surface area contributed by atoms with Crippen molar-refractivity contribution in [1.82, 2.24) is 0 Å². The van der Waals surface area contributed by atoms with Crippen LogP contribution in [-0.4, -0.2) is 0 Å². The fourth-order valence-corrected chi connectivity index (χ4v) is 3.15. The predicted octanol–water partition coefficient (Wildman–Crippen LogP) is 4.74. The fraction of sp³-hybridized carbons (Fsp3) is 1.00. The molecule has 0 aromatic rings. The van der Waals surface area contributed by atoms with Crippen molar-refractivity contribution >= 4 is 0 Å². The van der Waals surface area contributed by atoms with Crippen LogP contribution in [0.15, 0.2) is 0 Å². The minimum atomic E-state index is 0.615. The minimum absolute atomic E-state index is 0.615. The van der Waals surface area contributed by atoms with Crippen molar-refractivity contribution in [2.45, 2.75) is 60.8 Å². The Kier molecular flexibility index (Phi) is 3.66. The first kappa shape index (κ1) is 12.1. The number of hydrogen-bond acceptors (Lipinski definition) is 0. The average Bonchev–Trinajstić information content (AvgIpc) is 2.95. The van der Waals surface area contributed by atoms with Crippen LogP contribution in [0, 0.1) is 29.1 Å². The molecule has 0 heteroatoms. The molecule has 84 valence electrons. The van der Waals surface area contributed by atoms with Crippen LogP contribution in [0.2, 0.25) is 0 Å². The Bertz CT molecular complexity index is 182. The molecule has 0 aromatic heterocycles. The van der Waals surface area contributed by atoms with Crippen molar-refractivity contribution < 1.29 is 0 Å². The first-order valence-corrected chi connectivity index (χ1v) is 6.47. The molecule has 0 spiro atoms. The molecule has 0 N–H and O–H groups in total. The van der Waals surface area contributed by atoms with Gasteiger partial charge in [0.05, 0.1) is 0 Å². The van der Waals surface area contributed by atoms with E-state index in [2.05, 4.69) is 41.5 Å². The van der Waals surface area contributed by atoms with Gasteiger partial charge < -0.3 is 0 Å². The molecule has 0 radical (unpaired) electrons. The number of hydrogen-bond donors (Lipinski definition) is 0. The average molecular weight is 196 g/mol. The van der Waals surface area contributed by atoms with Gasteiger partial charge in [-0.1, -0.05) is 54.4 Å². The Morgan fingerprint density at radius 3 is 2.07 bits per heavy atom. The zero-order valence-corrected chi connectivity index (χ0v) is 10.9. The summed E-state index contributed by atoms with van der Waals surface area (Å²) in [7, 11) is 0. The molecule has 1 fully saturated rings. The van der Waals surface area contributed by atoms with E-state index in [9.17, 15) is 0 Å². The van der Waals surface area contributed by atoms with E-state index in [0.29, 0.717) is 5.41 Å². The lowest BCUT2D eigenvalue weighted by Gasteiger charge is -2.36. The van der Waals surface area contributed by atoms with E-state index >= 15 is 0 Å². The third-order valence-electron chi connectivity index (χ3n) is 5.04.